The van der Waals surface area contributed by atoms with E-state index in [-0.39, 0.29) is 0 Å². The molecular weight excluding hydrogens is 162 g/mol. The highest BCUT2D eigenvalue weighted by Gasteiger charge is 2.02. The van der Waals surface area contributed by atoms with Crippen molar-refractivity contribution in [1.82, 2.24) is 0 Å². The van der Waals surface area contributed by atoms with Gasteiger partial charge >= 0.3 is 0 Å². The van der Waals surface area contributed by atoms with E-state index in [0.29, 0.717) is 17.8 Å². The number of rotatable bonds is 2. The quantitative estimate of drug-likeness (QED) is 0.670. The van der Waals surface area contributed by atoms with Gasteiger partial charge in [-0.15, -0.1) is 0 Å². The molecule has 0 radical (unpaired) electrons. The van der Waals surface area contributed by atoms with E-state index in [2.05, 4.69) is 6.07 Å². The fourth-order valence-electron chi connectivity index (χ4n) is 1.27. The summed E-state index contributed by atoms with van der Waals surface area (Å²) in [5.41, 5.74) is 14.8. The highest BCUT2D eigenvalue weighted by atomic mass is 14.6. The molecule has 0 heterocycles. The Labute approximate surface area is 78.0 Å². The second-order valence-electron chi connectivity index (χ2n) is 3.05. The average molecular weight is 175 g/mol. The van der Waals surface area contributed by atoms with Gasteiger partial charge in [-0.25, -0.2) is 0 Å². The Hall–Kier alpha value is -1.69. The molecule has 0 amide bonds. The van der Waals surface area contributed by atoms with Gasteiger partial charge in [0.15, 0.2) is 0 Å². The van der Waals surface area contributed by atoms with Crippen molar-refractivity contribution in [2.24, 2.45) is 0 Å². The molecule has 0 atom stereocenters. The minimum Gasteiger partial charge on any atom is -0.399 e. The van der Waals surface area contributed by atoms with E-state index in [9.17, 15) is 0 Å². The topological polar surface area (TPSA) is 75.8 Å². The summed E-state index contributed by atoms with van der Waals surface area (Å²) >= 11 is 0. The van der Waals surface area contributed by atoms with Crippen LogP contribution in [-0.4, -0.2) is 0 Å². The molecule has 0 aromatic heterocycles. The van der Waals surface area contributed by atoms with Gasteiger partial charge in [-0.2, -0.15) is 5.26 Å². The number of hydrogen-bond acceptors (Lipinski definition) is 3. The fraction of sp³-hybridized carbons (Fsp3) is 0.300. The van der Waals surface area contributed by atoms with Crippen LogP contribution < -0.4 is 11.5 Å². The van der Waals surface area contributed by atoms with Crippen LogP contribution in [0.4, 0.5) is 11.4 Å². The third-order valence-electron chi connectivity index (χ3n) is 2.08. The number of nitrogens with zero attached hydrogens (tertiary/aromatic N) is 1. The maximum absolute atomic E-state index is 8.44. The lowest BCUT2D eigenvalue weighted by molar-refractivity contribution is 0.998. The zero-order chi connectivity index (χ0) is 9.84. The second-order valence-corrected chi connectivity index (χ2v) is 3.05. The van der Waals surface area contributed by atoms with E-state index in [1.165, 1.54) is 0 Å². The normalized spacial score (nSPS) is 9.54. The first-order chi connectivity index (χ1) is 6.15. The van der Waals surface area contributed by atoms with Crippen LogP contribution in [0, 0.1) is 18.3 Å². The van der Waals surface area contributed by atoms with E-state index < -0.39 is 0 Å². The Bertz CT molecular complexity index is 350. The van der Waals surface area contributed by atoms with Crippen LogP contribution >= 0.6 is 0 Å². The van der Waals surface area contributed by atoms with Crippen molar-refractivity contribution in [2.45, 2.75) is 19.8 Å². The lowest BCUT2D eigenvalue weighted by Crippen LogP contribution is -1.98. The van der Waals surface area contributed by atoms with Crippen molar-refractivity contribution in [1.29, 1.82) is 5.26 Å². The Morgan fingerprint density at radius 3 is 2.69 bits per heavy atom. The van der Waals surface area contributed by atoms with Gasteiger partial charge < -0.3 is 11.5 Å². The van der Waals surface area contributed by atoms with Crippen molar-refractivity contribution in [3.63, 3.8) is 0 Å². The first-order valence-electron chi connectivity index (χ1n) is 4.16. The Morgan fingerprint density at radius 2 is 2.08 bits per heavy atom. The molecule has 3 heteroatoms. The standard InChI is InChI=1S/C10H13N3/c1-7-8(3-2-4-11)5-9(12)6-10(7)13/h5-6H,2-3,12-13H2,1H3. The number of nitrogen functional groups attached to an aromatic ring is 2. The highest BCUT2D eigenvalue weighted by molar-refractivity contribution is 5.59. The Morgan fingerprint density at radius 1 is 1.38 bits per heavy atom. The molecule has 13 heavy (non-hydrogen) atoms. The van der Waals surface area contributed by atoms with Crippen molar-refractivity contribution >= 4 is 11.4 Å². The van der Waals surface area contributed by atoms with Gasteiger partial charge in [-0.1, -0.05) is 0 Å². The fourth-order valence-corrected chi connectivity index (χ4v) is 1.27. The van der Waals surface area contributed by atoms with Crippen LogP contribution in [0.15, 0.2) is 12.1 Å². The van der Waals surface area contributed by atoms with Gasteiger partial charge in [-0.05, 0) is 36.6 Å². The Balaban J connectivity index is 3.00. The van der Waals surface area contributed by atoms with Crippen LogP contribution in [0.3, 0.4) is 0 Å². The predicted molar refractivity (Wildman–Crippen MR) is 53.9 cm³/mol. The van der Waals surface area contributed by atoms with Crippen molar-refractivity contribution in [3.8, 4) is 6.07 Å². The maximum atomic E-state index is 8.44. The van der Waals surface area contributed by atoms with Crippen LogP contribution in [0.5, 0.6) is 0 Å². The lowest BCUT2D eigenvalue weighted by Gasteiger charge is -2.08. The molecule has 3 nitrogen and oxygen atoms in total. The summed E-state index contributed by atoms with van der Waals surface area (Å²) in [4.78, 5) is 0. The summed E-state index contributed by atoms with van der Waals surface area (Å²) in [6.07, 6.45) is 1.22. The summed E-state index contributed by atoms with van der Waals surface area (Å²) < 4.78 is 0. The van der Waals surface area contributed by atoms with Gasteiger partial charge in [0, 0.05) is 17.8 Å². The molecule has 4 N–H and O–H groups in total. The molecule has 1 aromatic rings. The molecule has 0 bridgehead atoms. The number of aryl methyl sites for hydroxylation is 1. The Kier molecular flexibility index (Phi) is 2.76. The molecular formula is C10H13N3. The van der Waals surface area contributed by atoms with Crippen molar-refractivity contribution < 1.29 is 0 Å². The monoisotopic (exact) mass is 175 g/mol. The van der Waals surface area contributed by atoms with Crippen LogP contribution in [-0.2, 0) is 6.42 Å². The van der Waals surface area contributed by atoms with Crippen LogP contribution in [0.2, 0.25) is 0 Å². The zero-order valence-electron chi connectivity index (χ0n) is 7.67. The molecule has 0 unspecified atom stereocenters. The molecule has 1 rings (SSSR count). The third-order valence-corrected chi connectivity index (χ3v) is 2.08. The van der Waals surface area contributed by atoms with Gasteiger partial charge in [0.05, 0.1) is 6.07 Å². The van der Waals surface area contributed by atoms with E-state index >= 15 is 0 Å². The third kappa shape index (κ3) is 2.12. The number of benzene rings is 1. The predicted octanol–water partition coefficient (Wildman–Crippen LogP) is 1.62. The van der Waals surface area contributed by atoms with Crippen LogP contribution in [0.25, 0.3) is 0 Å². The molecule has 0 aliphatic heterocycles. The molecule has 0 aliphatic rings. The van der Waals surface area contributed by atoms with E-state index in [4.69, 9.17) is 16.7 Å². The highest BCUT2D eigenvalue weighted by Crippen LogP contribution is 2.21. The molecule has 0 saturated heterocycles. The summed E-state index contributed by atoms with van der Waals surface area (Å²) in [5.74, 6) is 0. The first kappa shape index (κ1) is 9.40. The molecule has 0 fully saturated rings. The summed E-state index contributed by atoms with van der Waals surface area (Å²) in [6.45, 7) is 1.95. The number of nitriles is 1. The maximum Gasteiger partial charge on any atom is 0.0625 e. The number of anilines is 2. The van der Waals surface area contributed by atoms with Crippen LogP contribution in [0.1, 0.15) is 17.5 Å². The second kappa shape index (κ2) is 3.81. The number of hydrogen-bond donors (Lipinski definition) is 2. The SMILES string of the molecule is Cc1c(N)cc(N)cc1CCC#N. The average Bonchev–Trinajstić information content (AvgIpc) is 2.09. The zero-order valence-corrected chi connectivity index (χ0v) is 7.67. The molecule has 0 aliphatic carbocycles. The minimum absolute atomic E-state index is 0.504. The molecule has 0 saturated carbocycles. The largest absolute Gasteiger partial charge is 0.399 e. The molecule has 1 aromatic carbocycles. The molecule has 0 spiro atoms. The summed E-state index contributed by atoms with van der Waals surface area (Å²) in [6, 6.07) is 5.72. The van der Waals surface area contributed by atoms with E-state index in [1.807, 2.05) is 13.0 Å². The minimum atomic E-state index is 0.504. The van der Waals surface area contributed by atoms with Crippen molar-refractivity contribution in [2.75, 3.05) is 11.5 Å². The van der Waals surface area contributed by atoms with Gasteiger partial charge in [0.25, 0.3) is 0 Å². The van der Waals surface area contributed by atoms with Crippen molar-refractivity contribution in [3.05, 3.63) is 23.3 Å². The number of nitrogens with two attached hydrogens (primary N) is 2. The lowest BCUT2D eigenvalue weighted by atomic mass is 10.0. The smallest absolute Gasteiger partial charge is 0.0625 e. The molecule has 68 valence electrons. The van der Waals surface area contributed by atoms with E-state index in [0.717, 1.165) is 17.5 Å². The van der Waals surface area contributed by atoms with Gasteiger partial charge in [0.1, 0.15) is 0 Å². The summed E-state index contributed by atoms with van der Waals surface area (Å²) in [7, 11) is 0. The van der Waals surface area contributed by atoms with E-state index in [1.54, 1.807) is 6.07 Å². The van der Waals surface area contributed by atoms with Gasteiger partial charge in [-0.3, -0.25) is 0 Å². The summed E-state index contributed by atoms with van der Waals surface area (Å²) in [5, 5.41) is 8.44. The van der Waals surface area contributed by atoms with Gasteiger partial charge in [0.2, 0.25) is 0 Å². The first-order valence-corrected chi connectivity index (χ1v) is 4.16.